The Morgan fingerprint density at radius 3 is 2.47 bits per heavy atom. The fourth-order valence-corrected chi connectivity index (χ4v) is 1.23. The van der Waals surface area contributed by atoms with E-state index < -0.39 is 12.0 Å². The van der Waals surface area contributed by atoms with Crippen molar-refractivity contribution in [2.24, 2.45) is 10.8 Å². The molecule has 0 aromatic heterocycles. The molecule has 1 rings (SSSR count). The highest BCUT2D eigenvalue weighted by molar-refractivity contribution is 5.79. The molecule has 0 aliphatic rings. The van der Waals surface area contributed by atoms with Gasteiger partial charge in [0.25, 0.3) is 0 Å². The molecule has 0 radical (unpaired) electrons. The van der Waals surface area contributed by atoms with Crippen LogP contribution in [0, 0.1) is 0 Å². The first-order chi connectivity index (χ1) is 7.99. The van der Waals surface area contributed by atoms with E-state index in [4.69, 9.17) is 10.8 Å². The van der Waals surface area contributed by atoms with E-state index in [0.29, 0.717) is 6.42 Å². The number of hydrogen-bond acceptors (Lipinski definition) is 4. The van der Waals surface area contributed by atoms with Crippen molar-refractivity contribution in [3.8, 4) is 0 Å². The van der Waals surface area contributed by atoms with Gasteiger partial charge in [0, 0.05) is 5.71 Å². The van der Waals surface area contributed by atoms with E-state index in [9.17, 15) is 4.79 Å². The van der Waals surface area contributed by atoms with Gasteiger partial charge in [-0.15, -0.1) is 0 Å². The molecule has 0 bridgehead atoms. The van der Waals surface area contributed by atoms with Crippen LogP contribution in [-0.4, -0.2) is 22.8 Å². The van der Waals surface area contributed by atoms with Crippen molar-refractivity contribution in [2.75, 3.05) is 5.43 Å². The Labute approximate surface area is 100 Å². The minimum absolute atomic E-state index is 0.325. The third-order valence-electron chi connectivity index (χ3n) is 2.14. The zero-order valence-corrected chi connectivity index (χ0v) is 9.97. The predicted octanol–water partition coefficient (Wildman–Crippen LogP) is 1.45. The van der Waals surface area contributed by atoms with Gasteiger partial charge in [-0.1, -0.05) is 12.1 Å². The number of nitrogens with zero attached hydrogens (tertiary/aromatic N) is 1. The Morgan fingerprint density at radius 2 is 2.00 bits per heavy atom. The fraction of sp³-hybridized carbons (Fsp3) is 0.333. The first-order valence-corrected chi connectivity index (χ1v) is 5.33. The summed E-state index contributed by atoms with van der Waals surface area (Å²) in [4.78, 5) is 10.6. The van der Waals surface area contributed by atoms with Crippen LogP contribution in [-0.2, 0) is 11.2 Å². The van der Waals surface area contributed by atoms with Crippen LogP contribution >= 0.6 is 0 Å². The van der Waals surface area contributed by atoms with E-state index in [1.54, 1.807) is 0 Å². The number of carboxylic acid groups (broad SMARTS) is 1. The highest BCUT2D eigenvalue weighted by Crippen LogP contribution is 2.10. The second-order valence-corrected chi connectivity index (χ2v) is 4.02. The van der Waals surface area contributed by atoms with E-state index in [1.165, 1.54) is 0 Å². The standard InChI is InChI=1S/C12H17N3O2/c1-8(2)14-15-10-5-3-9(4-6-10)7-11(13)12(16)17/h3-6,11,15H,7,13H2,1-2H3,(H,16,17)/t11-/m0/s1. The van der Waals surface area contributed by atoms with Crippen LogP contribution in [0.25, 0.3) is 0 Å². The van der Waals surface area contributed by atoms with E-state index in [1.807, 2.05) is 38.1 Å². The summed E-state index contributed by atoms with van der Waals surface area (Å²) in [7, 11) is 0. The van der Waals surface area contributed by atoms with Gasteiger partial charge in [0.1, 0.15) is 6.04 Å². The van der Waals surface area contributed by atoms with Crippen LogP contribution in [0.2, 0.25) is 0 Å². The van der Waals surface area contributed by atoms with Crippen molar-refractivity contribution >= 4 is 17.4 Å². The van der Waals surface area contributed by atoms with Crippen LogP contribution in [0.3, 0.4) is 0 Å². The molecule has 0 unspecified atom stereocenters. The molecule has 92 valence electrons. The molecule has 1 aromatic carbocycles. The molecule has 0 fully saturated rings. The van der Waals surface area contributed by atoms with Crippen LogP contribution < -0.4 is 11.2 Å². The number of rotatable bonds is 5. The van der Waals surface area contributed by atoms with Crippen molar-refractivity contribution in [3.05, 3.63) is 29.8 Å². The number of anilines is 1. The Bertz CT molecular complexity index is 408. The predicted molar refractivity (Wildman–Crippen MR) is 68.2 cm³/mol. The average molecular weight is 235 g/mol. The molecule has 0 aliphatic heterocycles. The number of nitrogens with two attached hydrogens (primary N) is 1. The molecule has 1 aromatic rings. The third kappa shape index (κ3) is 4.65. The lowest BCUT2D eigenvalue weighted by Gasteiger charge is -2.07. The molecule has 4 N–H and O–H groups in total. The molecule has 1 atom stereocenters. The van der Waals surface area contributed by atoms with Gasteiger partial charge in [-0.3, -0.25) is 10.2 Å². The molecule has 0 aliphatic carbocycles. The SMILES string of the molecule is CC(C)=NNc1ccc(C[C@H](N)C(=O)O)cc1. The fourth-order valence-electron chi connectivity index (χ4n) is 1.23. The van der Waals surface area contributed by atoms with Gasteiger partial charge in [-0.05, 0) is 38.0 Å². The van der Waals surface area contributed by atoms with Crippen molar-refractivity contribution in [1.82, 2.24) is 0 Å². The largest absolute Gasteiger partial charge is 0.480 e. The maximum atomic E-state index is 10.6. The number of nitrogens with one attached hydrogen (secondary N) is 1. The Balaban J connectivity index is 2.62. The van der Waals surface area contributed by atoms with Crippen LogP contribution in [0.4, 0.5) is 5.69 Å². The average Bonchev–Trinajstić information content (AvgIpc) is 2.28. The highest BCUT2D eigenvalue weighted by Gasteiger charge is 2.11. The number of carbonyl (C=O) groups is 1. The molecule has 0 heterocycles. The van der Waals surface area contributed by atoms with Crippen LogP contribution in [0.15, 0.2) is 29.4 Å². The van der Waals surface area contributed by atoms with Crippen molar-refractivity contribution in [1.29, 1.82) is 0 Å². The molecule has 0 saturated heterocycles. The monoisotopic (exact) mass is 235 g/mol. The lowest BCUT2D eigenvalue weighted by molar-refractivity contribution is -0.138. The second-order valence-electron chi connectivity index (χ2n) is 4.02. The van der Waals surface area contributed by atoms with E-state index >= 15 is 0 Å². The quantitative estimate of drug-likeness (QED) is 0.532. The normalized spacial score (nSPS) is 11.7. The lowest BCUT2D eigenvalue weighted by Crippen LogP contribution is -2.32. The first-order valence-electron chi connectivity index (χ1n) is 5.33. The van der Waals surface area contributed by atoms with E-state index in [2.05, 4.69) is 10.5 Å². The van der Waals surface area contributed by atoms with Crippen LogP contribution in [0.1, 0.15) is 19.4 Å². The van der Waals surface area contributed by atoms with E-state index in [-0.39, 0.29) is 0 Å². The molecular weight excluding hydrogens is 218 g/mol. The van der Waals surface area contributed by atoms with Crippen LogP contribution in [0.5, 0.6) is 0 Å². The molecule has 5 heteroatoms. The number of hydrazone groups is 1. The summed E-state index contributed by atoms with van der Waals surface area (Å²) in [6.45, 7) is 3.79. The van der Waals surface area contributed by atoms with Gasteiger partial charge in [0.05, 0.1) is 5.69 Å². The molecule has 0 spiro atoms. The van der Waals surface area contributed by atoms with Crippen molar-refractivity contribution in [2.45, 2.75) is 26.3 Å². The minimum Gasteiger partial charge on any atom is -0.480 e. The third-order valence-corrected chi connectivity index (χ3v) is 2.14. The highest BCUT2D eigenvalue weighted by atomic mass is 16.4. The summed E-state index contributed by atoms with van der Waals surface area (Å²) in [5.41, 5.74) is 11.0. The molecule has 17 heavy (non-hydrogen) atoms. The maximum absolute atomic E-state index is 10.6. The number of aliphatic carboxylic acids is 1. The maximum Gasteiger partial charge on any atom is 0.320 e. The second kappa shape index (κ2) is 6.00. The van der Waals surface area contributed by atoms with Gasteiger partial charge in [-0.2, -0.15) is 5.10 Å². The Morgan fingerprint density at radius 1 is 1.41 bits per heavy atom. The Hall–Kier alpha value is -1.88. The van der Waals surface area contributed by atoms with Gasteiger partial charge in [-0.25, -0.2) is 0 Å². The number of hydrogen-bond donors (Lipinski definition) is 3. The van der Waals surface area contributed by atoms with Gasteiger partial charge < -0.3 is 10.8 Å². The molecule has 0 saturated carbocycles. The van der Waals surface area contributed by atoms with Gasteiger partial charge in [0.2, 0.25) is 0 Å². The summed E-state index contributed by atoms with van der Waals surface area (Å²) in [5.74, 6) is -0.988. The summed E-state index contributed by atoms with van der Waals surface area (Å²) in [6.07, 6.45) is 0.325. The van der Waals surface area contributed by atoms with Gasteiger partial charge >= 0.3 is 5.97 Å². The summed E-state index contributed by atoms with van der Waals surface area (Å²) in [6, 6.07) is 6.51. The lowest BCUT2D eigenvalue weighted by atomic mass is 10.1. The number of benzene rings is 1. The summed E-state index contributed by atoms with van der Waals surface area (Å²) < 4.78 is 0. The molecule has 0 amide bonds. The summed E-state index contributed by atoms with van der Waals surface area (Å²) >= 11 is 0. The summed E-state index contributed by atoms with van der Waals surface area (Å²) in [5, 5.41) is 12.7. The van der Waals surface area contributed by atoms with Gasteiger partial charge in [0.15, 0.2) is 0 Å². The zero-order chi connectivity index (χ0) is 12.8. The Kier molecular flexibility index (Phi) is 4.66. The van der Waals surface area contributed by atoms with Crippen molar-refractivity contribution < 1.29 is 9.90 Å². The first kappa shape index (κ1) is 13.2. The molecule has 5 nitrogen and oxygen atoms in total. The zero-order valence-electron chi connectivity index (χ0n) is 9.97. The molecular formula is C12H17N3O2. The number of carboxylic acids is 1. The van der Waals surface area contributed by atoms with E-state index in [0.717, 1.165) is 17.0 Å². The minimum atomic E-state index is -0.988. The smallest absolute Gasteiger partial charge is 0.320 e. The van der Waals surface area contributed by atoms with Crippen molar-refractivity contribution in [3.63, 3.8) is 0 Å². The topological polar surface area (TPSA) is 87.7 Å².